The van der Waals surface area contributed by atoms with Gasteiger partial charge in [-0.2, -0.15) is 5.10 Å². The van der Waals surface area contributed by atoms with Gasteiger partial charge in [0.05, 0.1) is 16.8 Å². The van der Waals surface area contributed by atoms with E-state index < -0.39 is 5.97 Å². The number of ether oxygens (including phenoxy) is 2. The Bertz CT molecular complexity index is 1390. The highest BCUT2D eigenvalue weighted by atomic mass is 35.5. The summed E-state index contributed by atoms with van der Waals surface area (Å²) in [5, 5.41) is 4.60. The normalized spacial score (nSPS) is 10.7. The van der Waals surface area contributed by atoms with Crippen LogP contribution in [0.3, 0.4) is 0 Å². The van der Waals surface area contributed by atoms with Crippen molar-refractivity contribution in [2.75, 3.05) is 0 Å². The van der Waals surface area contributed by atoms with Crippen LogP contribution in [0.25, 0.3) is 0 Å². The Morgan fingerprint density at radius 1 is 0.833 bits per heavy atom. The van der Waals surface area contributed by atoms with Crippen LogP contribution in [0.5, 0.6) is 11.5 Å². The Morgan fingerprint density at radius 2 is 1.61 bits per heavy atom. The van der Waals surface area contributed by atoms with Crippen LogP contribution in [-0.4, -0.2) is 18.1 Å². The third-order valence-corrected chi connectivity index (χ3v) is 5.51. The average molecular weight is 519 g/mol. The zero-order valence-corrected chi connectivity index (χ0v) is 20.4. The van der Waals surface area contributed by atoms with Gasteiger partial charge >= 0.3 is 5.97 Å². The van der Waals surface area contributed by atoms with Crippen molar-refractivity contribution in [3.8, 4) is 11.5 Å². The topological polar surface area (TPSA) is 77.0 Å². The van der Waals surface area contributed by atoms with Crippen molar-refractivity contribution in [3.05, 3.63) is 129 Å². The predicted octanol–water partition coefficient (Wildman–Crippen LogP) is 6.56. The summed E-state index contributed by atoms with van der Waals surface area (Å²) < 4.78 is 11.1. The van der Waals surface area contributed by atoms with Crippen LogP contribution < -0.4 is 14.9 Å². The first kappa shape index (κ1) is 25.0. The molecular formula is C28H20Cl2N2O4. The van der Waals surface area contributed by atoms with Gasteiger partial charge in [-0.05, 0) is 65.7 Å². The molecule has 4 aromatic rings. The maximum Gasteiger partial charge on any atom is 0.345 e. The van der Waals surface area contributed by atoms with Gasteiger partial charge in [-0.3, -0.25) is 4.79 Å². The van der Waals surface area contributed by atoms with Crippen LogP contribution in [0, 0.1) is 0 Å². The zero-order chi connectivity index (χ0) is 25.3. The summed E-state index contributed by atoms with van der Waals surface area (Å²) in [6.45, 7) is 0.442. The highest BCUT2D eigenvalue weighted by molar-refractivity contribution is 6.36. The molecule has 0 saturated carbocycles. The highest BCUT2D eigenvalue weighted by Gasteiger charge is 2.13. The van der Waals surface area contributed by atoms with Gasteiger partial charge in [-0.15, -0.1) is 0 Å². The van der Waals surface area contributed by atoms with Crippen LogP contribution in [-0.2, 0) is 6.61 Å². The second-order valence-electron chi connectivity index (χ2n) is 7.58. The van der Waals surface area contributed by atoms with Crippen LogP contribution in [0.15, 0.2) is 102 Å². The van der Waals surface area contributed by atoms with Gasteiger partial charge in [0.1, 0.15) is 18.1 Å². The Kier molecular flexibility index (Phi) is 8.34. The summed E-state index contributed by atoms with van der Waals surface area (Å²) in [5.74, 6) is -0.0337. The molecule has 1 amide bonds. The van der Waals surface area contributed by atoms with Crippen LogP contribution in [0.1, 0.15) is 31.8 Å². The van der Waals surface area contributed by atoms with E-state index in [4.69, 9.17) is 32.7 Å². The molecule has 4 rings (SSSR count). The van der Waals surface area contributed by atoms with Crippen LogP contribution in [0.4, 0.5) is 0 Å². The maximum absolute atomic E-state index is 12.4. The number of halogens is 2. The molecule has 0 aliphatic carbocycles. The van der Waals surface area contributed by atoms with Crippen molar-refractivity contribution in [1.29, 1.82) is 0 Å². The SMILES string of the molecule is O=C(N/N=C\c1cccc(OC(=O)c2ccc(Cl)cc2Cl)c1)c1ccc(OCc2ccccc2)cc1. The lowest BCUT2D eigenvalue weighted by molar-refractivity contribution is 0.0734. The number of hydrogen-bond donors (Lipinski definition) is 1. The van der Waals surface area contributed by atoms with Crippen molar-refractivity contribution in [1.82, 2.24) is 5.43 Å². The minimum atomic E-state index is -0.616. The van der Waals surface area contributed by atoms with Gasteiger partial charge in [-0.25, -0.2) is 10.2 Å². The van der Waals surface area contributed by atoms with E-state index in [0.717, 1.165) is 5.56 Å². The number of hydrogen-bond acceptors (Lipinski definition) is 5. The standard InChI is InChI=1S/C28H20Cl2N2O4/c29-22-11-14-25(26(30)16-22)28(34)36-24-8-4-7-20(15-24)17-31-32-27(33)21-9-12-23(13-10-21)35-18-19-5-2-1-3-6-19/h1-17H,18H2,(H,32,33)/b31-17-. The first-order chi connectivity index (χ1) is 17.5. The molecule has 8 heteroatoms. The molecule has 6 nitrogen and oxygen atoms in total. The second kappa shape index (κ2) is 12.0. The molecule has 1 N–H and O–H groups in total. The molecule has 0 fully saturated rings. The number of hydrazone groups is 1. The van der Waals surface area contributed by atoms with Crippen LogP contribution >= 0.6 is 23.2 Å². The molecule has 0 aliphatic heterocycles. The first-order valence-corrected chi connectivity index (χ1v) is 11.6. The van der Waals surface area contributed by atoms with Gasteiger partial charge in [0.25, 0.3) is 5.91 Å². The number of carbonyl (C=O) groups is 2. The van der Waals surface area contributed by atoms with Crippen molar-refractivity contribution in [2.24, 2.45) is 5.10 Å². The fourth-order valence-corrected chi connectivity index (χ4v) is 3.63. The van der Waals surface area contributed by atoms with Crippen molar-refractivity contribution < 1.29 is 19.1 Å². The quantitative estimate of drug-likeness (QED) is 0.124. The molecular weight excluding hydrogens is 499 g/mol. The molecule has 0 saturated heterocycles. The molecule has 0 unspecified atom stereocenters. The van der Waals surface area contributed by atoms with Crippen molar-refractivity contribution in [2.45, 2.75) is 6.61 Å². The van der Waals surface area contributed by atoms with E-state index in [2.05, 4.69) is 10.5 Å². The predicted molar refractivity (Wildman–Crippen MR) is 140 cm³/mol. The molecule has 0 aromatic heterocycles. The first-order valence-electron chi connectivity index (χ1n) is 10.9. The molecule has 0 bridgehead atoms. The minimum Gasteiger partial charge on any atom is -0.489 e. The van der Waals surface area contributed by atoms with Gasteiger partial charge in [0.15, 0.2) is 0 Å². The summed E-state index contributed by atoms with van der Waals surface area (Å²) in [6, 6.07) is 27.8. The number of rotatable bonds is 8. The summed E-state index contributed by atoms with van der Waals surface area (Å²) in [6.07, 6.45) is 1.45. The highest BCUT2D eigenvalue weighted by Crippen LogP contribution is 2.23. The molecule has 36 heavy (non-hydrogen) atoms. The van der Waals surface area contributed by atoms with Gasteiger partial charge in [-0.1, -0.05) is 65.7 Å². The maximum atomic E-state index is 12.4. The number of amides is 1. The van der Waals surface area contributed by atoms with E-state index in [1.165, 1.54) is 18.3 Å². The van der Waals surface area contributed by atoms with E-state index >= 15 is 0 Å². The van der Waals surface area contributed by atoms with E-state index in [-0.39, 0.29) is 16.5 Å². The Labute approximate surface area is 218 Å². The second-order valence-corrected chi connectivity index (χ2v) is 8.43. The zero-order valence-electron chi connectivity index (χ0n) is 18.9. The molecule has 0 heterocycles. The smallest absolute Gasteiger partial charge is 0.345 e. The third-order valence-electron chi connectivity index (χ3n) is 4.96. The fraction of sp³-hybridized carbons (Fsp3) is 0.0357. The molecule has 0 spiro atoms. The Morgan fingerprint density at radius 3 is 2.36 bits per heavy atom. The molecule has 180 valence electrons. The number of esters is 1. The molecule has 4 aromatic carbocycles. The van der Waals surface area contributed by atoms with Crippen molar-refractivity contribution in [3.63, 3.8) is 0 Å². The summed E-state index contributed by atoms with van der Waals surface area (Å²) in [4.78, 5) is 24.8. The largest absolute Gasteiger partial charge is 0.489 e. The Hall–Kier alpha value is -4.13. The van der Waals surface area contributed by atoms with Crippen molar-refractivity contribution >= 4 is 41.3 Å². The molecule has 0 radical (unpaired) electrons. The molecule has 0 atom stereocenters. The summed E-state index contributed by atoms with van der Waals surface area (Å²) >= 11 is 11.9. The average Bonchev–Trinajstić information content (AvgIpc) is 2.88. The fourth-order valence-electron chi connectivity index (χ4n) is 3.15. The lowest BCUT2D eigenvalue weighted by Gasteiger charge is -2.07. The monoisotopic (exact) mass is 518 g/mol. The Balaban J connectivity index is 1.31. The van der Waals surface area contributed by atoms with Crippen LogP contribution in [0.2, 0.25) is 10.0 Å². The number of nitrogens with zero attached hydrogens (tertiary/aromatic N) is 1. The number of benzene rings is 4. The summed E-state index contributed by atoms with van der Waals surface area (Å²) in [5.41, 5.74) is 4.78. The van der Waals surface area contributed by atoms with Gasteiger partial charge < -0.3 is 9.47 Å². The summed E-state index contributed by atoms with van der Waals surface area (Å²) in [7, 11) is 0. The molecule has 0 aliphatic rings. The van der Waals surface area contributed by atoms with Gasteiger partial charge in [0, 0.05) is 10.6 Å². The lowest BCUT2D eigenvalue weighted by atomic mass is 10.2. The van der Waals surface area contributed by atoms with Gasteiger partial charge in [0.2, 0.25) is 0 Å². The van der Waals surface area contributed by atoms with E-state index in [1.807, 2.05) is 30.3 Å². The van der Waals surface area contributed by atoms with E-state index in [0.29, 0.717) is 34.3 Å². The lowest BCUT2D eigenvalue weighted by Crippen LogP contribution is -2.17. The number of carbonyl (C=O) groups excluding carboxylic acids is 2. The number of nitrogens with one attached hydrogen (secondary N) is 1. The minimum absolute atomic E-state index is 0.198. The van der Waals surface area contributed by atoms with E-state index in [9.17, 15) is 9.59 Å². The van der Waals surface area contributed by atoms with E-state index in [1.54, 1.807) is 54.6 Å². The third kappa shape index (κ3) is 6.95.